The van der Waals surface area contributed by atoms with Crippen molar-refractivity contribution in [3.63, 3.8) is 0 Å². The number of fused-ring (bicyclic) bond motifs is 1. The summed E-state index contributed by atoms with van der Waals surface area (Å²) in [6.45, 7) is 0.435. The molecular weight excluding hydrogens is 224 g/mol. The molecule has 2 rings (SSSR count). The SMILES string of the molecule is CSCCOC(=O)c1cccc2cn[nH]c12. The number of para-hydroxylation sites is 1. The number of H-pyrrole nitrogens is 1. The Balaban J connectivity index is 2.19. The summed E-state index contributed by atoms with van der Waals surface area (Å²) in [5, 5.41) is 7.62. The molecule has 5 heteroatoms. The molecule has 1 aromatic heterocycles. The fraction of sp³-hybridized carbons (Fsp3) is 0.273. The highest BCUT2D eigenvalue weighted by atomic mass is 32.2. The number of nitrogens with zero attached hydrogens (tertiary/aromatic N) is 1. The normalized spacial score (nSPS) is 10.6. The summed E-state index contributed by atoms with van der Waals surface area (Å²) in [6.07, 6.45) is 3.66. The maximum Gasteiger partial charge on any atom is 0.340 e. The maximum absolute atomic E-state index is 11.8. The summed E-state index contributed by atoms with van der Waals surface area (Å²) in [6, 6.07) is 5.46. The first kappa shape index (κ1) is 11.0. The molecule has 2 aromatic rings. The van der Waals surface area contributed by atoms with Crippen LogP contribution < -0.4 is 0 Å². The number of hydrogen-bond donors (Lipinski definition) is 1. The molecular formula is C11H12N2O2S. The Morgan fingerprint density at radius 1 is 1.56 bits per heavy atom. The minimum Gasteiger partial charge on any atom is -0.461 e. The third kappa shape index (κ3) is 2.19. The van der Waals surface area contributed by atoms with Crippen molar-refractivity contribution in [1.29, 1.82) is 0 Å². The van der Waals surface area contributed by atoms with Crippen LogP contribution >= 0.6 is 11.8 Å². The molecule has 1 N–H and O–H groups in total. The quantitative estimate of drug-likeness (QED) is 0.652. The molecule has 0 unspecified atom stereocenters. The second-order valence-corrected chi connectivity index (χ2v) is 4.25. The van der Waals surface area contributed by atoms with E-state index in [1.165, 1.54) is 0 Å². The number of esters is 1. The van der Waals surface area contributed by atoms with Gasteiger partial charge in [-0.2, -0.15) is 16.9 Å². The number of benzene rings is 1. The van der Waals surface area contributed by atoms with Crippen molar-refractivity contribution in [2.75, 3.05) is 18.6 Å². The Morgan fingerprint density at radius 2 is 2.44 bits per heavy atom. The summed E-state index contributed by atoms with van der Waals surface area (Å²) < 4.78 is 5.14. The molecule has 0 aliphatic heterocycles. The van der Waals surface area contributed by atoms with E-state index in [4.69, 9.17) is 4.74 Å². The fourth-order valence-corrected chi connectivity index (χ4v) is 1.68. The van der Waals surface area contributed by atoms with Crippen molar-refractivity contribution in [3.8, 4) is 0 Å². The van der Waals surface area contributed by atoms with Crippen LogP contribution in [0.1, 0.15) is 10.4 Å². The molecule has 0 fully saturated rings. The van der Waals surface area contributed by atoms with Gasteiger partial charge in [0.2, 0.25) is 0 Å². The minimum atomic E-state index is -0.302. The molecule has 0 amide bonds. The first-order valence-corrected chi connectivity index (χ1v) is 6.30. The smallest absolute Gasteiger partial charge is 0.340 e. The molecule has 0 aliphatic carbocycles. The van der Waals surface area contributed by atoms with Crippen LogP contribution in [0.2, 0.25) is 0 Å². The Labute approximate surface area is 97.4 Å². The van der Waals surface area contributed by atoms with Gasteiger partial charge in [-0.3, -0.25) is 5.10 Å². The van der Waals surface area contributed by atoms with Crippen molar-refractivity contribution in [1.82, 2.24) is 10.2 Å². The average molecular weight is 236 g/mol. The number of aromatic amines is 1. The zero-order chi connectivity index (χ0) is 11.4. The Hall–Kier alpha value is -1.49. The van der Waals surface area contributed by atoms with Gasteiger partial charge >= 0.3 is 5.97 Å². The van der Waals surface area contributed by atoms with E-state index in [1.54, 1.807) is 24.0 Å². The predicted molar refractivity (Wildman–Crippen MR) is 64.8 cm³/mol. The number of rotatable bonds is 4. The van der Waals surface area contributed by atoms with Crippen LogP contribution in [0.15, 0.2) is 24.4 Å². The van der Waals surface area contributed by atoms with Gasteiger partial charge in [0.15, 0.2) is 0 Å². The van der Waals surface area contributed by atoms with Crippen molar-refractivity contribution >= 4 is 28.6 Å². The number of hydrogen-bond acceptors (Lipinski definition) is 4. The lowest BCUT2D eigenvalue weighted by Gasteiger charge is -2.04. The van der Waals surface area contributed by atoms with E-state index in [-0.39, 0.29) is 5.97 Å². The van der Waals surface area contributed by atoms with Crippen molar-refractivity contribution in [2.24, 2.45) is 0 Å². The lowest BCUT2D eigenvalue weighted by Crippen LogP contribution is -2.08. The van der Waals surface area contributed by atoms with Crippen LogP contribution in [0.5, 0.6) is 0 Å². The molecule has 4 nitrogen and oxygen atoms in total. The topological polar surface area (TPSA) is 55.0 Å². The molecule has 0 saturated carbocycles. The van der Waals surface area contributed by atoms with Crippen molar-refractivity contribution in [2.45, 2.75) is 0 Å². The largest absolute Gasteiger partial charge is 0.461 e. The van der Waals surface area contributed by atoms with Gasteiger partial charge in [-0.1, -0.05) is 12.1 Å². The number of ether oxygens (including phenoxy) is 1. The summed E-state index contributed by atoms with van der Waals surface area (Å²) >= 11 is 1.65. The van der Waals surface area contributed by atoms with Crippen LogP contribution in [0.3, 0.4) is 0 Å². The fourth-order valence-electron chi connectivity index (χ4n) is 1.43. The molecule has 84 valence electrons. The van der Waals surface area contributed by atoms with Gasteiger partial charge in [-0.15, -0.1) is 0 Å². The zero-order valence-electron chi connectivity index (χ0n) is 8.90. The average Bonchev–Trinajstić information content (AvgIpc) is 2.76. The number of carbonyl (C=O) groups excluding carboxylic acids is 1. The number of aromatic nitrogens is 2. The van der Waals surface area contributed by atoms with Gasteiger partial charge in [0.25, 0.3) is 0 Å². The van der Waals surface area contributed by atoms with Crippen LogP contribution in [0.25, 0.3) is 10.9 Å². The summed E-state index contributed by atoms with van der Waals surface area (Å²) in [5.74, 6) is 0.508. The molecule has 0 radical (unpaired) electrons. The lowest BCUT2D eigenvalue weighted by atomic mass is 10.1. The Morgan fingerprint density at radius 3 is 3.25 bits per heavy atom. The Bertz CT molecular complexity index is 495. The third-order valence-corrected chi connectivity index (χ3v) is 2.79. The second kappa shape index (κ2) is 5.03. The van der Waals surface area contributed by atoms with E-state index in [9.17, 15) is 4.79 Å². The third-order valence-electron chi connectivity index (χ3n) is 2.22. The van der Waals surface area contributed by atoms with Gasteiger partial charge in [0, 0.05) is 11.1 Å². The molecule has 0 bridgehead atoms. The van der Waals surface area contributed by atoms with E-state index in [0.29, 0.717) is 12.2 Å². The molecule has 0 saturated heterocycles. The minimum absolute atomic E-state index is 0.302. The summed E-state index contributed by atoms with van der Waals surface area (Å²) in [7, 11) is 0. The number of carbonyl (C=O) groups is 1. The van der Waals surface area contributed by atoms with Crippen molar-refractivity contribution in [3.05, 3.63) is 30.0 Å². The van der Waals surface area contributed by atoms with E-state index in [1.807, 2.05) is 18.4 Å². The lowest BCUT2D eigenvalue weighted by molar-refractivity contribution is 0.0532. The zero-order valence-corrected chi connectivity index (χ0v) is 9.71. The van der Waals surface area contributed by atoms with E-state index < -0.39 is 0 Å². The Kier molecular flexibility index (Phi) is 3.46. The van der Waals surface area contributed by atoms with Gasteiger partial charge in [0.05, 0.1) is 17.3 Å². The predicted octanol–water partition coefficient (Wildman–Crippen LogP) is 2.08. The van der Waals surface area contributed by atoms with E-state index >= 15 is 0 Å². The standard InChI is InChI=1S/C11H12N2O2S/c1-16-6-5-15-11(14)9-4-2-3-8-7-12-13-10(8)9/h2-4,7H,5-6H2,1H3,(H,12,13). The molecule has 0 aliphatic rings. The first-order chi connectivity index (χ1) is 7.83. The van der Waals surface area contributed by atoms with E-state index in [2.05, 4.69) is 10.2 Å². The highest BCUT2D eigenvalue weighted by Crippen LogP contribution is 2.16. The van der Waals surface area contributed by atoms with Crippen LogP contribution in [0, 0.1) is 0 Å². The van der Waals surface area contributed by atoms with E-state index in [0.717, 1.165) is 16.7 Å². The maximum atomic E-state index is 11.8. The highest BCUT2D eigenvalue weighted by Gasteiger charge is 2.11. The molecule has 0 atom stereocenters. The van der Waals surface area contributed by atoms with Crippen molar-refractivity contribution < 1.29 is 9.53 Å². The highest BCUT2D eigenvalue weighted by molar-refractivity contribution is 7.98. The first-order valence-electron chi connectivity index (χ1n) is 4.91. The van der Waals surface area contributed by atoms with Gasteiger partial charge in [-0.25, -0.2) is 4.79 Å². The van der Waals surface area contributed by atoms with Crippen LogP contribution in [-0.4, -0.2) is 34.8 Å². The summed E-state index contributed by atoms with van der Waals surface area (Å²) in [4.78, 5) is 11.8. The number of thioether (sulfide) groups is 1. The van der Waals surface area contributed by atoms with Gasteiger partial charge < -0.3 is 4.74 Å². The number of nitrogens with one attached hydrogen (secondary N) is 1. The van der Waals surface area contributed by atoms with Crippen LogP contribution in [-0.2, 0) is 4.74 Å². The molecule has 16 heavy (non-hydrogen) atoms. The van der Waals surface area contributed by atoms with Gasteiger partial charge in [0.1, 0.15) is 6.61 Å². The van der Waals surface area contributed by atoms with Crippen LogP contribution in [0.4, 0.5) is 0 Å². The second-order valence-electron chi connectivity index (χ2n) is 3.27. The molecule has 0 spiro atoms. The molecule has 1 aromatic carbocycles. The summed E-state index contributed by atoms with van der Waals surface area (Å²) in [5.41, 5.74) is 1.27. The van der Waals surface area contributed by atoms with Gasteiger partial charge in [-0.05, 0) is 12.3 Å². The molecule has 1 heterocycles. The monoisotopic (exact) mass is 236 g/mol.